The van der Waals surface area contributed by atoms with E-state index in [-0.39, 0.29) is 29.5 Å². The van der Waals surface area contributed by atoms with Crippen LogP contribution >= 0.6 is 11.9 Å². The molecule has 2 aromatic rings. The van der Waals surface area contributed by atoms with E-state index in [0.29, 0.717) is 12.8 Å². The number of anilines is 1. The van der Waals surface area contributed by atoms with Crippen molar-refractivity contribution in [1.82, 2.24) is 9.62 Å². The number of nitrogens with one attached hydrogen (secondary N) is 2. The Morgan fingerprint density at radius 2 is 1.71 bits per heavy atom. The van der Waals surface area contributed by atoms with Gasteiger partial charge in [-0.3, -0.25) is 9.52 Å². The van der Waals surface area contributed by atoms with Crippen LogP contribution in [0, 0.1) is 11.6 Å². The molecule has 3 rings (SSSR count). The number of aryl methyl sites for hydroxylation is 1. The third-order valence-corrected chi connectivity index (χ3v) is 6.99. The molecule has 186 valence electrons. The van der Waals surface area contributed by atoms with E-state index in [2.05, 4.69) is 10.0 Å². The molecule has 0 saturated heterocycles. The van der Waals surface area contributed by atoms with Crippen molar-refractivity contribution in [2.45, 2.75) is 68.0 Å². The second kappa shape index (κ2) is 12.5. The van der Waals surface area contributed by atoms with E-state index in [9.17, 15) is 18.0 Å². The summed E-state index contributed by atoms with van der Waals surface area (Å²) in [6.45, 7) is 0.778. The molecule has 1 saturated carbocycles. The minimum atomic E-state index is -1.90. The van der Waals surface area contributed by atoms with Gasteiger partial charge >= 0.3 is 0 Å². The minimum Gasteiger partial charge on any atom is -0.378 e. The van der Waals surface area contributed by atoms with Crippen LogP contribution in [-0.2, 0) is 11.2 Å². The molecule has 0 bridgehead atoms. The highest BCUT2D eigenvalue weighted by Gasteiger charge is 2.39. The predicted octanol–water partition coefficient (Wildman–Crippen LogP) is 6.13. The van der Waals surface area contributed by atoms with Crippen LogP contribution in [0.25, 0.3) is 0 Å². The van der Waals surface area contributed by atoms with Crippen molar-refractivity contribution in [3.63, 3.8) is 0 Å². The lowest BCUT2D eigenvalue weighted by molar-refractivity contribution is -0.132. The molecule has 1 unspecified atom stereocenters. The van der Waals surface area contributed by atoms with Gasteiger partial charge in [0.05, 0.1) is 0 Å². The van der Waals surface area contributed by atoms with Gasteiger partial charge in [0.25, 0.3) is 5.91 Å². The highest BCUT2D eigenvalue weighted by Crippen LogP contribution is 2.33. The van der Waals surface area contributed by atoms with Crippen LogP contribution in [0.4, 0.5) is 18.9 Å². The molecular weight excluding hydrogens is 459 g/mol. The van der Waals surface area contributed by atoms with Gasteiger partial charge in [-0.25, -0.2) is 13.2 Å². The first-order valence-corrected chi connectivity index (χ1v) is 12.7. The number of amides is 1. The Bertz CT molecular complexity index is 913. The summed E-state index contributed by atoms with van der Waals surface area (Å²) in [4.78, 5) is 14.5. The van der Waals surface area contributed by atoms with Crippen molar-refractivity contribution in [3.8, 4) is 0 Å². The van der Waals surface area contributed by atoms with Crippen molar-refractivity contribution >= 4 is 23.5 Å². The molecule has 0 radical (unpaired) electrons. The Kier molecular flexibility index (Phi) is 9.71. The summed E-state index contributed by atoms with van der Waals surface area (Å²) >= 11 is 0.744. The van der Waals surface area contributed by atoms with Crippen molar-refractivity contribution in [2.24, 2.45) is 0 Å². The van der Waals surface area contributed by atoms with Gasteiger partial charge in [0, 0.05) is 10.9 Å². The van der Waals surface area contributed by atoms with Crippen LogP contribution < -0.4 is 10.0 Å². The fourth-order valence-electron chi connectivity index (χ4n) is 4.18. The molecule has 34 heavy (non-hydrogen) atoms. The van der Waals surface area contributed by atoms with Crippen molar-refractivity contribution in [2.75, 3.05) is 26.0 Å². The van der Waals surface area contributed by atoms with Gasteiger partial charge in [0.15, 0.2) is 5.67 Å². The number of benzene rings is 2. The van der Waals surface area contributed by atoms with E-state index in [4.69, 9.17) is 0 Å². The molecule has 0 aromatic heterocycles. The third-order valence-electron chi connectivity index (χ3n) is 6.23. The molecule has 2 aromatic carbocycles. The quantitative estimate of drug-likeness (QED) is 0.370. The molecule has 1 fully saturated rings. The number of alkyl halides is 1. The average Bonchev–Trinajstić information content (AvgIpc) is 2.82. The van der Waals surface area contributed by atoms with Gasteiger partial charge in [-0.05, 0) is 95.2 Å². The molecule has 0 spiro atoms. The summed E-state index contributed by atoms with van der Waals surface area (Å²) in [5.74, 6) is -2.21. The average molecular weight is 494 g/mol. The standard InChI is InChI=1S/C26H34F3N3OS/c1-32(2)16-13-20(12-11-19-9-5-3-6-10-19)30-24-22(27)17-21(18-23(24)28)34-31-25(33)26(29)14-7-4-8-15-26/h3,5-6,9-10,17-18,20,30H,4,7-8,11-16H2,1-2H3,(H,31,33). The highest BCUT2D eigenvalue weighted by atomic mass is 32.2. The lowest BCUT2D eigenvalue weighted by Crippen LogP contribution is -2.42. The van der Waals surface area contributed by atoms with Crippen LogP contribution in [0.5, 0.6) is 0 Å². The zero-order valence-electron chi connectivity index (χ0n) is 19.9. The number of halogens is 3. The summed E-state index contributed by atoms with van der Waals surface area (Å²) in [6, 6.07) is 12.2. The van der Waals surface area contributed by atoms with Crippen LogP contribution in [0.15, 0.2) is 47.4 Å². The second-order valence-corrected chi connectivity index (χ2v) is 10.2. The van der Waals surface area contributed by atoms with E-state index in [1.54, 1.807) is 0 Å². The maximum absolute atomic E-state index is 14.9. The van der Waals surface area contributed by atoms with Gasteiger partial charge in [0.1, 0.15) is 17.3 Å². The zero-order valence-corrected chi connectivity index (χ0v) is 20.7. The maximum Gasteiger partial charge on any atom is 0.267 e. The number of hydrogen-bond acceptors (Lipinski definition) is 4. The Morgan fingerprint density at radius 1 is 1.06 bits per heavy atom. The molecule has 4 nitrogen and oxygen atoms in total. The third kappa shape index (κ3) is 7.67. The highest BCUT2D eigenvalue weighted by molar-refractivity contribution is 7.98. The first-order chi connectivity index (χ1) is 16.3. The summed E-state index contributed by atoms with van der Waals surface area (Å²) < 4.78 is 47.0. The number of nitrogens with zero attached hydrogens (tertiary/aromatic N) is 1. The van der Waals surface area contributed by atoms with Gasteiger partial charge in [0.2, 0.25) is 0 Å². The molecule has 0 heterocycles. The number of carbonyl (C=O) groups excluding carboxylic acids is 1. The van der Waals surface area contributed by atoms with E-state index in [1.165, 1.54) is 17.7 Å². The lowest BCUT2D eigenvalue weighted by Gasteiger charge is -2.27. The van der Waals surface area contributed by atoms with Crippen molar-refractivity contribution < 1.29 is 18.0 Å². The van der Waals surface area contributed by atoms with E-state index < -0.39 is 23.2 Å². The molecule has 1 amide bonds. The minimum absolute atomic E-state index is 0.123. The SMILES string of the molecule is CN(C)CCC(CCc1ccccc1)Nc1c(F)cc(SNC(=O)C2(F)CCCCC2)cc1F. The first-order valence-electron chi connectivity index (χ1n) is 11.9. The molecular formula is C26H34F3N3OS. The van der Waals surface area contributed by atoms with E-state index in [0.717, 1.165) is 44.2 Å². The summed E-state index contributed by atoms with van der Waals surface area (Å²) in [5, 5.41) is 3.06. The number of hydrogen-bond donors (Lipinski definition) is 2. The smallest absolute Gasteiger partial charge is 0.267 e. The fraction of sp³-hybridized carbons (Fsp3) is 0.500. The predicted molar refractivity (Wildman–Crippen MR) is 133 cm³/mol. The largest absolute Gasteiger partial charge is 0.378 e. The molecule has 0 aliphatic heterocycles. The van der Waals surface area contributed by atoms with Crippen LogP contribution in [0.1, 0.15) is 50.5 Å². The lowest BCUT2D eigenvalue weighted by atomic mass is 9.86. The van der Waals surface area contributed by atoms with Gasteiger partial charge < -0.3 is 10.2 Å². The van der Waals surface area contributed by atoms with Crippen molar-refractivity contribution in [1.29, 1.82) is 0 Å². The van der Waals surface area contributed by atoms with Gasteiger partial charge in [-0.1, -0.05) is 36.8 Å². The molecule has 1 atom stereocenters. The summed E-state index contributed by atoms with van der Waals surface area (Å²) in [7, 11) is 3.93. The molecule has 1 aliphatic carbocycles. The molecule has 1 aliphatic rings. The van der Waals surface area contributed by atoms with E-state index in [1.807, 2.05) is 49.3 Å². The maximum atomic E-state index is 14.9. The Labute approximate surface area is 204 Å². The van der Waals surface area contributed by atoms with Gasteiger partial charge in [-0.2, -0.15) is 0 Å². The Balaban J connectivity index is 1.64. The topological polar surface area (TPSA) is 44.4 Å². The van der Waals surface area contributed by atoms with Gasteiger partial charge in [-0.15, -0.1) is 0 Å². The summed E-state index contributed by atoms with van der Waals surface area (Å²) in [5.41, 5.74) is -0.907. The Morgan fingerprint density at radius 3 is 2.32 bits per heavy atom. The Hall–Kier alpha value is -2.19. The van der Waals surface area contributed by atoms with Crippen LogP contribution in [0.2, 0.25) is 0 Å². The molecule has 2 N–H and O–H groups in total. The number of rotatable bonds is 11. The zero-order chi connectivity index (χ0) is 24.6. The monoisotopic (exact) mass is 493 g/mol. The molecule has 8 heteroatoms. The van der Waals surface area contributed by atoms with Crippen LogP contribution in [-0.4, -0.2) is 43.2 Å². The second-order valence-electron chi connectivity index (χ2n) is 9.28. The van der Waals surface area contributed by atoms with Crippen LogP contribution in [0.3, 0.4) is 0 Å². The normalized spacial score (nSPS) is 16.3. The first kappa shape index (κ1) is 26.4. The summed E-state index contributed by atoms with van der Waals surface area (Å²) in [6.07, 6.45) is 4.85. The van der Waals surface area contributed by atoms with E-state index >= 15 is 0 Å². The number of carbonyl (C=O) groups is 1. The van der Waals surface area contributed by atoms with Crippen molar-refractivity contribution in [3.05, 3.63) is 59.7 Å². The fourth-order valence-corrected chi connectivity index (χ4v) is 4.89.